The number of benzene rings is 2. The number of aromatic nitrogens is 1. The van der Waals surface area contributed by atoms with Gasteiger partial charge in [0.25, 0.3) is 0 Å². The van der Waals surface area contributed by atoms with Crippen molar-refractivity contribution in [2.45, 2.75) is 69.1 Å². The van der Waals surface area contributed by atoms with Crippen LogP contribution in [0.25, 0.3) is 10.9 Å². The third kappa shape index (κ3) is 11.2. The van der Waals surface area contributed by atoms with Crippen molar-refractivity contribution in [2.75, 3.05) is 13.1 Å². The summed E-state index contributed by atoms with van der Waals surface area (Å²) in [6.07, 6.45) is 4.01. The Labute approximate surface area is 267 Å². The molecule has 0 fully saturated rings. The zero-order valence-corrected chi connectivity index (χ0v) is 25.8. The monoisotopic (exact) mass is 635 g/mol. The molecule has 0 saturated heterocycles. The molecule has 46 heavy (non-hydrogen) atoms. The lowest BCUT2D eigenvalue weighted by atomic mass is 10.0. The standard InChI is InChI=1S/C32H45N9O5/c33-15-7-6-12-23(34)28(42)40-26(17-20-9-2-1-3-10-20)30(44)39-25(14-8-16-37-32(35)36)29(43)41-27(31(45)46)18-21-19-38-24-13-5-4-11-22(21)24/h1-5,9-11,13,19,23,25-27,38H,6-8,12,14-18,33-34H2,(H,39,44)(H,40,42)(H,41,43)(H,45,46)(H4,35,36,37). The number of fused-ring (bicyclic) bond motifs is 1. The highest BCUT2D eigenvalue weighted by Crippen LogP contribution is 2.19. The van der Waals surface area contributed by atoms with Gasteiger partial charge < -0.3 is 49.0 Å². The van der Waals surface area contributed by atoms with E-state index in [0.29, 0.717) is 37.8 Å². The number of hydrogen-bond donors (Lipinski definition) is 9. The minimum absolute atomic E-state index is 0.00842. The minimum atomic E-state index is -1.28. The summed E-state index contributed by atoms with van der Waals surface area (Å²) in [4.78, 5) is 59.5. The zero-order valence-electron chi connectivity index (χ0n) is 25.8. The Morgan fingerprint density at radius 3 is 2.13 bits per heavy atom. The molecule has 3 rings (SSSR count). The molecule has 3 aromatic rings. The quantitative estimate of drug-likeness (QED) is 0.0487. The van der Waals surface area contributed by atoms with Crippen LogP contribution in [-0.2, 0) is 32.0 Å². The SMILES string of the molecule is NCCCCC(N)C(=O)NC(Cc1ccccc1)C(=O)NC(CCCN=C(N)N)C(=O)NC(Cc1c[nH]c2ccccc12)C(=O)O. The van der Waals surface area contributed by atoms with Crippen molar-refractivity contribution in [3.8, 4) is 0 Å². The predicted molar refractivity (Wildman–Crippen MR) is 176 cm³/mol. The van der Waals surface area contributed by atoms with Gasteiger partial charge >= 0.3 is 5.97 Å². The Balaban J connectivity index is 1.79. The average molecular weight is 636 g/mol. The molecular weight excluding hydrogens is 590 g/mol. The zero-order chi connectivity index (χ0) is 33.5. The van der Waals surface area contributed by atoms with Crippen molar-refractivity contribution in [1.82, 2.24) is 20.9 Å². The molecule has 0 spiro atoms. The number of H-pyrrole nitrogens is 1. The second kappa shape index (κ2) is 18.1. The van der Waals surface area contributed by atoms with E-state index in [9.17, 15) is 24.3 Å². The van der Waals surface area contributed by atoms with E-state index >= 15 is 0 Å². The number of unbranched alkanes of at least 4 members (excludes halogenated alkanes) is 1. The number of amides is 3. The van der Waals surface area contributed by atoms with Crippen LogP contribution in [0.15, 0.2) is 65.8 Å². The van der Waals surface area contributed by atoms with Gasteiger partial charge in [-0.15, -0.1) is 0 Å². The van der Waals surface area contributed by atoms with Gasteiger partial charge in [-0.25, -0.2) is 4.79 Å². The number of nitrogens with one attached hydrogen (secondary N) is 4. The van der Waals surface area contributed by atoms with E-state index in [-0.39, 0.29) is 31.8 Å². The fourth-order valence-corrected chi connectivity index (χ4v) is 5.02. The molecular formula is C32H45N9O5. The van der Waals surface area contributed by atoms with E-state index < -0.39 is 47.9 Å². The van der Waals surface area contributed by atoms with Crippen LogP contribution in [0.4, 0.5) is 0 Å². The molecule has 14 nitrogen and oxygen atoms in total. The number of carbonyl (C=O) groups is 4. The van der Waals surface area contributed by atoms with E-state index in [1.165, 1.54) is 0 Å². The number of nitrogens with zero attached hydrogens (tertiary/aromatic N) is 1. The molecule has 14 heteroatoms. The first kappa shape index (κ1) is 35.5. The maximum atomic E-state index is 13.7. The Hall–Kier alpha value is -4.95. The smallest absolute Gasteiger partial charge is 0.326 e. The van der Waals surface area contributed by atoms with Crippen molar-refractivity contribution in [3.63, 3.8) is 0 Å². The van der Waals surface area contributed by atoms with Crippen LogP contribution < -0.4 is 38.9 Å². The largest absolute Gasteiger partial charge is 0.480 e. The summed E-state index contributed by atoms with van der Waals surface area (Å²) in [5.74, 6) is -3.19. The molecule has 0 saturated carbocycles. The molecule has 13 N–H and O–H groups in total. The number of rotatable bonds is 19. The van der Waals surface area contributed by atoms with Crippen LogP contribution in [0.3, 0.4) is 0 Å². The van der Waals surface area contributed by atoms with Crippen LogP contribution in [-0.4, -0.2) is 77.0 Å². The van der Waals surface area contributed by atoms with E-state index in [0.717, 1.165) is 16.5 Å². The highest BCUT2D eigenvalue weighted by atomic mass is 16.4. The normalized spacial score (nSPS) is 13.6. The molecule has 248 valence electrons. The summed E-state index contributed by atoms with van der Waals surface area (Å²) in [6, 6.07) is 12.2. The van der Waals surface area contributed by atoms with Crippen molar-refractivity contribution in [1.29, 1.82) is 0 Å². The second-order valence-corrected chi connectivity index (χ2v) is 11.1. The molecule has 0 radical (unpaired) electrons. The van der Waals surface area contributed by atoms with Crippen molar-refractivity contribution >= 4 is 40.6 Å². The van der Waals surface area contributed by atoms with Gasteiger partial charge in [0.1, 0.15) is 18.1 Å². The third-order valence-corrected chi connectivity index (χ3v) is 7.51. The molecule has 0 aliphatic carbocycles. The summed E-state index contributed by atoms with van der Waals surface area (Å²) in [5.41, 5.74) is 24.8. The van der Waals surface area contributed by atoms with Gasteiger partial charge in [0, 0.05) is 36.5 Å². The summed E-state index contributed by atoms with van der Waals surface area (Å²) < 4.78 is 0. The fraction of sp³-hybridized carbons (Fsp3) is 0.406. The van der Waals surface area contributed by atoms with Gasteiger partial charge in [-0.05, 0) is 49.4 Å². The van der Waals surface area contributed by atoms with Crippen LogP contribution in [0.5, 0.6) is 0 Å². The Morgan fingerprint density at radius 2 is 1.43 bits per heavy atom. The number of carboxylic acids is 1. The number of hydrogen-bond acceptors (Lipinski definition) is 7. The first-order chi connectivity index (χ1) is 22.1. The summed E-state index contributed by atoms with van der Waals surface area (Å²) in [7, 11) is 0. The predicted octanol–water partition coefficient (Wildman–Crippen LogP) is 0.00200. The van der Waals surface area contributed by atoms with Crippen LogP contribution in [0.1, 0.15) is 43.2 Å². The minimum Gasteiger partial charge on any atom is -0.480 e. The molecule has 2 aromatic carbocycles. The molecule has 4 unspecified atom stereocenters. The van der Waals surface area contributed by atoms with Crippen LogP contribution in [0, 0.1) is 0 Å². The lowest BCUT2D eigenvalue weighted by molar-refractivity contribution is -0.142. The number of aliphatic carboxylic acids is 1. The number of carboxylic acid groups (broad SMARTS) is 1. The number of aromatic amines is 1. The lowest BCUT2D eigenvalue weighted by Crippen LogP contribution is -2.57. The first-order valence-corrected chi connectivity index (χ1v) is 15.3. The fourth-order valence-electron chi connectivity index (χ4n) is 5.02. The van der Waals surface area contributed by atoms with Crippen molar-refractivity contribution < 1.29 is 24.3 Å². The highest BCUT2D eigenvalue weighted by Gasteiger charge is 2.31. The Bertz CT molecular complexity index is 1470. The van der Waals surface area contributed by atoms with Gasteiger partial charge in [-0.2, -0.15) is 0 Å². The molecule has 3 amide bonds. The van der Waals surface area contributed by atoms with Gasteiger partial charge in [-0.1, -0.05) is 55.0 Å². The first-order valence-electron chi connectivity index (χ1n) is 15.3. The number of guanidine groups is 1. The number of nitrogens with two attached hydrogens (primary N) is 4. The van der Waals surface area contributed by atoms with Gasteiger partial charge in [0.2, 0.25) is 17.7 Å². The summed E-state index contributed by atoms with van der Waals surface area (Å²) in [5, 5.41) is 18.9. The van der Waals surface area contributed by atoms with Crippen LogP contribution in [0.2, 0.25) is 0 Å². The molecule has 4 atom stereocenters. The Morgan fingerprint density at radius 1 is 0.783 bits per heavy atom. The van der Waals surface area contributed by atoms with E-state index in [1.54, 1.807) is 6.20 Å². The van der Waals surface area contributed by atoms with Gasteiger partial charge in [0.05, 0.1) is 6.04 Å². The van der Waals surface area contributed by atoms with Gasteiger partial charge in [-0.3, -0.25) is 19.4 Å². The maximum Gasteiger partial charge on any atom is 0.326 e. The number of aliphatic imine (C=N–C) groups is 1. The van der Waals surface area contributed by atoms with E-state index in [4.69, 9.17) is 22.9 Å². The van der Waals surface area contributed by atoms with Crippen molar-refractivity contribution in [3.05, 3.63) is 71.9 Å². The van der Waals surface area contributed by atoms with E-state index in [1.807, 2.05) is 54.6 Å². The molecule has 0 bridgehead atoms. The summed E-state index contributed by atoms with van der Waals surface area (Å²) >= 11 is 0. The Kier molecular flexibility index (Phi) is 14.0. The summed E-state index contributed by atoms with van der Waals surface area (Å²) in [6.45, 7) is 0.659. The average Bonchev–Trinajstić information content (AvgIpc) is 3.44. The third-order valence-electron chi connectivity index (χ3n) is 7.51. The highest BCUT2D eigenvalue weighted by molar-refractivity contribution is 5.94. The second-order valence-electron chi connectivity index (χ2n) is 11.1. The molecule has 0 aliphatic heterocycles. The topological polar surface area (TPSA) is 257 Å². The number of carbonyl (C=O) groups excluding carboxylic acids is 3. The van der Waals surface area contributed by atoms with Gasteiger partial charge in [0.15, 0.2) is 5.96 Å². The number of para-hydroxylation sites is 1. The molecule has 1 aromatic heterocycles. The maximum absolute atomic E-state index is 13.7. The van der Waals surface area contributed by atoms with E-state index in [2.05, 4.69) is 25.9 Å². The van der Waals surface area contributed by atoms with Crippen molar-refractivity contribution in [2.24, 2.45) is 27.9 Å². The lowest BCUT2D eigenvalue weighted by Gasteiger charge is -2.25. The molecule has 1 heterocycles. The molecule has 0 aliphatic rings. The van der Waals surface area contributed by atoms with Crippen LogP contribution >= 0.6 is 0 Å².